The van der Waals surface area contributed by atoms with Crippen molar-refractivity contribution in [2.24, 2.45) is 11.7 Å². The lowest BCUT2D eigenvalue weighted by Crippen LogP contribution is -2.10. The van der Waals surface area contributed by atoms with Crippen LogP contribution in [0, 0.1) is 12.8 Å². The number of aryl methyl sites for hydroxylation is 1. The normalized spacial score (nSPS) is 11.3. The second-order valence-electron chi connectivity index (χ2n) is 8.57. The summed E-state index contributed by atoms with van der Waals surface area (Å²) in [5.41, 5.74) is 14.1. The summed E-state index contributed by atoms with van der Waals surface area (Å²) in [5.74, 6) is 0.0774. The van der Waals surface area contributed by atoms with E-state index in [0.29, 0.717) is 24.8 Å². The van der Waals surface area contributed by atoms with Gasteiger partial charge in [-0.1, -0.05) is 43.7 Å². The number of rotatable bonds is 7. The molecule has 0 unspecified atom stereocenters. The van der Waals surface area contributed by atoms with Crippen molar-refractivity contribution in [3.05, 3.63) is 70.4 Å². The van der Waals surface area contributed by atoms with Crippen LogP contribution in [0.25, 0.3) is 32.6 Å². The van der Waals surface area contributed by atoms with Crippen LogP contribution in [0.3, 0.4) is 0 Å². The number of carbonyl (C=O) groups is 1. The van der Waals surface area contributed by atoms with Gasteiger partial charge in [-0.05, 0) is 61.1 Å². The summed E-state index contributed by atoms with van der Waals surface area (Å²) in [4.78, 5) is 21.6. The van der Waals surface area contributed by atoms with Crippen LogP contribution in [0.5, 0.6) is 0 Å². The lowest BCUT2D eigenvalue weighted by Gasteiger charge is -2.18. The summed E-state index contributed by atoms with van der Waals surface area (Å²) >= 11 is 1.43. The van der Waals surface area contributed by atoms with Gasteiger partial charge in [0.15, 0.2) is 5.69 Å². The maximum absolute atomic E-state index is 12.1. The zero-order chi connectivity index (χ0) is 23.5. The van der Waals surface area contributed by atoms with Crippen molar-refractivity contribution < 1.29 is 9.53 Å². The maximum atomic E-state index is 12.1. The van der Waals surface area contributed by atoms with E-state index in [4.69, 9.17) is 15.5 Å². The molecule has 170 valence electrons. The fraction of sp³-hybridized carbons (Fsp3) is 0.296. The first-order valence-corrected chi connectivity index (χ1v) is 12.1. The van der Waals surface area contributed by atoms with Crippen LogP contribution in [0.1, 0.15) is 48.1 Å². The molecule has 4 rings (SSSR count). The van der Waals surface area contributed by atoms with Gasteiger partial charge in [0, 0.05) is 28.6 Å². The Hall–Kier alpha value is -3.09. The Balaban J connectivity index is 1.92. The van der Waals surface area contributed by atoms with Crippen LogP contribution in [0.4, 0.5) is 0 Å². The number of thiazole rings is 1. The largest absolute Gasteiger partial charge is 0.461 e. The smallest absolute Gasteiger partial charge is 0.357 e. The molecular formula is C27H29N3O2S. The lowest BCUT2D eigenvalue weighted by molar-refractivity contribution is 0.0520. The molecule has 0 aliphatic rings. The van der Waals surface area contributed by atoms with E-state index in [9.17, 15) is 4.79 Å². The predicted molar refractivity (Wildman–Crippen MR) is 135 cm³/mol. The van der Waals surface area contributed by atoms with Gasteiger partial charge in [0.1, 0.15) is 5.01 Å². The average molecular weight is 460 g/mol. The quantitative estimate of drug-likeness (QED) is 0.335. The Bertz CT molecular complexity index is 1290. The topological polar surface area (TPSA) is 78.1 Å². The van der Waals surface area contributed by atoms with Gasteiger partial charge >= 0.3 is 5.97 Å². The highest BCUT2D eigenvalue weighted by molar-refractivity contribution is 7.13. The molecule has 0 saturated heterocycles. The minimum atomic E-state index is -0.397. The summed E-state index contributed by atoms with van der Waals surface area (Å²) in [7, 11) is 0. The molecule has 0 spiro atoms. The Morgan fingerprint density at radius 1 is 1.09 bits per heavy atom. The zero-order valence-electron chi connectivity index (χ0n) is 19.5. The standard InChI is InChI=1S/C27H29N3O2S/c1-5-32-27(31)24-15-33-26(30-24)19-10-11-22-20(13-19)25(18-8-6-17(4)7-9-18)21(14-28)23(29-22)12-16(2)3/h6-11,13,15-16H,5,12,14,28H2,1-4H3. The van der Waals surface area contributed by atoms with Gasteiger partial charge < -0.3 is 10.5 Å². The molecule has 6 heteroatoms. The highest BCUT2D eigenvalue weighted by atomic mass is 32.1. The van der Waals surface area contributed by atoms with Crippen molar-refractivity contribution in [2.45, 2.75) is 40.7 Å². The van der Waals surface area contributed by atoms with Gasteiger partial charge in [-0.3, -0.25) is 4.98 Å². The number of hydrogen-bond donors (Lipinski definition) is 1. The van der Waals surface area contributed by atoms with Crippen LogP contribution in [0.2, 0.25) is 0 Å². The molecule has 2 aromatic heterocycles. The summed E-state index contributed by atoms with van der Waals surface area (Å²) in [6.45, 7) is 9.02. The van der Waals surface area contributed by atoms with Crippen molar-refractivity contribution in [1.82, 2.24) is 9.97 Å². The highest BCUT2D eigenvalue weighted by Crippen LogP contribution is 2.37. The molecule has 0 bridgehead atoms. The molecular weight excluding hydrogens is 430 g/mol. The zero-order valence-corrected chi connectivity index (χ0v) is 20.3. The predicted octanol–water partition coefficient (Wildman–Crippen LogP) is 6.17. The van der Waals surface area contributed by atoms with E-state index in [2.05, 4.69) is 56.1 Å². The van der Waals surface area contributed by atoms with E-state index < -0.39 is 5.97 Å². The fourth-order valence-corrected chi connectivity index (χ4v) is 4.80. The molecule has 2 heterocycles. The van der Waals surface area contributed by atoms with Gasteiger partial charge in [-0.2, -0.15) is 0 Å². The van der Waals surface area contributed by atoms with E-state index in [1.807, 2.05) is 12.1 Å². The van der Waals surface area contributed by atoms with E-state index in [-0.39, 0.29) is 0 Å². The number of nitrogens with zero attached hydrogens (tertiary/aromatic N) is 2. The second-order valence-corrected chi connectivity index (χ2v) is 9.43. The Morgan fingerprint density at radius 2 is 1.82 bits per heavy atom. The van der Waals surface area contributed by atoms with Crippen LogP contribution in [-0.2, 0) is 17.7 Å². The second kappa shape index (κ2) is 9.81. The minimum absolute atomic E-state index is 0.327. The number of aromatic nitrogens is 2. The van der Waals surface area contributed by atoms with E-state index in [0.717, 1.165) is 50.3 Å². The Morgan fingerprint density at radius 3 is 2.48 bits per heavy atom. The number of nitrogens with two attached hydrogens (primary N) is 1. The van der Waals surface area contributed by atoms with Crippen LogP contribution in [0.15, 0.2) is 47.8 Å². The first kappa shape index (κ1) is 23.1. The number of esters is 1. The molecule has 0 aliphatic carbocycles. The van der Waals surface area contributed by atoms with Crippen molar-refractivity contribution in [3.8, 4) is 21.7 Å². The van der Waals surface area contributed by atoms with Gasteiger partial charge in [0.2, 0.25) is 0 Å². The fourth-order valence-electron chi connectivity index (χ4n) is 4.02. The third-order valence-electron chi connectivity index (χ3n) is 5.55. The molecule has 0 radical (unpaired) electrons. The summed E-state index contributed by atoms with van der Waals surface area (Å²) in [6.07, 6.45) is 0.873. The summed E-state index contributed by atoms with van der Waals surface area (Å²) in [6, 6.07) is 14.7. The average Bonchev–Trinajstić information content (AvgIpc) is 3.29. The number of hydrogen-bond acceptors (Lipinski definition) is 6. The van der Waals surface area contributed by atoms with Crippen molar-refractivity contribution in [2.75, 3.05) is 6.61 Å². The van der Waals surface area contributed by atoms with Crippen molar-refractivity contribution >= 4 is 28.2 Å². The molecule has 0 atom stereocenters. The maximum Gasteiger partial charge on any atom is 0.357 e. The molecule has 0 aliphatic heterocycles. The van der Waals surface area contributed by atoms with Gasteiger partial charge in [-0.15, -0.1) is 11.3 Å². The van der Waals surface area contributed by atoms with Crippen LogP contribution < -0.4 is 5.73 Å². The molecule has 5 nitrogen and oxygen atoms in total. The highest BCUT2D eigenvalue weighted by Gasteiger charge is 2.19. The molecule has 33 heavy (non-hydrogen) atoms. The summed E-state index contributed by atoms with van der Waals surface area (Å²) in [5, 5.41) is 3.56. The minimum Gasteiger partial charge on any atom is -0.461 e. The van der Waals surface area contributed by atoms with Gasteiger partial charge in [-0.25, -0.2) is 9.78 Å². The van der Waals surface area contributed by atoms with Gasteiger partial charge in [0.25, 0.3) is 0 Å². The molecule has 4 aromatic rings. The number of fused-ring (bicyclic) bond motifs is 1. The summed E-state index contributed by atoms with van der Waals surface area (Å²) < 4.78 is 5.09. The van der Waals surface area contributed by atoms with E-state index >= 15 is 0 Å². The van der Waals surface area contributed by atoms with Gasteiger partial charge in [0.05, 0.1) is 12.1 Å². The Labute approximate surface area is 198 Å². The van der Waals surface area contributed by atoms with Crippen LogP contribution in [-0.4, -0.2) is 22.5 Å². The van der Waals surface area contributed by atoms with Crippen molar-refractivity contribution in [3.63, 3.8) is 0 Å². The van der Waals surface area contributed by atoms with Crippen LogP contribution >= 0.6 is 11.3 Å². The number of carbonyl (C=O) groups excluding carboxylic acids is 1. The van der Waals surface area contributed by atoms with Crippen molar-refractivity contribution in [1.29, 1.82) is 0 Å². The third-order valence-corrected chi connectivity index (χ3v) is 6.44. The molecule has 0 fully saturated rings. The number of pyridine rings is 1. The first-order valence-electron chi connectivity index (χ1n) is 11.3. The first-order chi connectivity index (χ1) is 15.9. The molecule has 2 N–H and O–H groups in total. The van der Waals surface area contributed by atoms with E-state index in [1.54, 1.807) is 12.3 Å². The molecule has 2 aromatic carbocycles. The monoisotopic (exact) mass is 459 g/mol. The number of benzene rings is 2. The SMILES string of the molecule is CCOC(=O)c1csc(-c2ccc3nc(CC(C)C)c(CN)c(-c4ccc(C)cc4)c3c2)n1. The third kappa shape index (κ3) is 4.82. The number of ether oxygens (including phenoxy) is 1. The Kier molecular flexibility index (Phi) is 6.86. The lowest BCUT2D eigenvalue weighted by atomic mass is 9.90. The molecule has 0 saturated carbocycles. The molecule has 0 amide bonds. The van der Waals surface area contributed by atoms with E-state index in [1.165, 1.54) is 16.9 Å².